The molecule has 2 fully saturated rings. The van der Waals surface area contributed by atoms with Crippen molar-refractivity contribution in [1.82, 2.24) is 9.80 Å². The van der Waals surface area contributed by atoms with Crippen LogP contribution in [-0.2, 0) is 9.53 Å². The summed E-state index contributed by atoms with van der Waals surface area (Å²) >= 11 is 0. The van der Waals surface area contributed by atoms with E-state index in [-0.39, 0.29) is 12.5 Å². The molecule has 2 atom stereocenters. The molecule has 2 unspecified atom stereocenters. The van der Waals surface area contributed by atoms with Crippen molar-refractivity contribution in [3.8, 4) is 0 Å². The highest BCUT2D eigenvalue weighted by Gasteiger charge is 2.39. The van der Waals surface area contributed by atoms with Crippen molar-refractivity contribution in [3.05, 3.63) is 0 Å². The summed E-state index contributed by atoms with van der Waals surface area (Å²) in [6.45, 7) is 4.37. The molecule has 0 saturated carbocycles. The number of carbonyl (C=O) groups is 1. The zero-order valence-electron chi connectivity index (χ0n) is 8.90. The highest BCUT2D eigenvalue weighted by molar-refractivity contribution is 5.77. The van der Waals surface area contributed by atoms with E-state index in [0.717, 1.165) is 26.2 Å². The molecule has 2 rings (SSSR count). The SMILES string of the molecule is COCC(=O)N1CC2CN(C)CC2C1. The molecule has 1 amide bonds. The molecule has 2 saturated heterocycles. The summed E-state index contributed by atoms with van der Waals surface area (Å²) in [6, 6.07) is 0. The molecule has 4 nitrogen and oxygen atoms in total. The molecular weight excluding hydrogens is 180 g/mol. The second kappa shape index (κ2) is 3.87. The van der Waals surface area contributed by atoms with Gasteiger partial charge in [-0.15, -0.1) is 0 Å². The van der Waals surface area contributed by atoms with Crippen LogP contribution >= 0.6 is 0 Å². The molecule has 0 aromatic heterocycles. The molecule has 0 N–H and O–H groups in total. The van der Waals surface area contributed by atoms with E-state index in [1.807, 2.05) is 4.90 Å². The lowest BCUT2D eigenvalue weighted by molar-refractivity contribution is -0.134. The van der Waals surface area contributed by atoms with Gasteiger partial charge in [0, 0.05) is 33.3 Å². The van der Waals surface area contributed by atoms with Gasteiger partial charge < -0.3 is 14.5 Å². The van der Waals surface area contributed by atoms with Gasteiger partial charge in [0.15, 0.2) is 0 Å². The van der Waals surface area contributed by atoms with Gasteiger partial charge >= 0.3 is 0 Å². The lowest BCUT2D eigenvalue weighted by atomic mass is 10.0. The number of rotatable bonds is 2. The van der Waals surface area contributed by atoms with Crippen molar-refractivity contribution in [2.45, 2.75) is 0 Å². The van der Waals surface area contributed by atoms with Crippen LogP contribution in [0.15, 0.2) is 0 Å². The summed E-state index contributed by atoms with van der Waals surface area (Å²) < 4.78 is 4.86. The van der Waals surface area contributed by atoms with Crippen molar-refractivity contribution in [3.63, 3.8) is 0 Å². The quantitative estimate of drug-likeness (QED) is 0.608. The molecule has 0 aromatic rings. The molecule has 2 aliphatic heterocycles. The van der Waals surface area contributed by atoms with E-state index >= 15 is 0 Å². The van der Waals surface area contributed by atoms with Gasteiger partial charge in [0.25, 0.3) is 0 Å². The van der Waals surface area contributed by atoms with E-state index in [1.165, 1.54) is 0 Å². The Morgan fingerprint density at radius 1 is 1.29 bits per heavy atom. The fraction of sp³-hybridized carbons (Fsp3) is 0.900. The third-order valence-corrected chi connectivity index (χ3v) is 3.29. The summed E-state index contributed by atoms with van der Waals surface area (Å²) in [4.78, 5) is 15.9. The average molecular weight is 198 g/mol. The van der Waals surface area contributed by atoms with Gasteiger partial charge in [-0.2, -0.15) is 0 Å². The summed E-state index contributed by atoms with van der Waals surface area (Å²) in [7, 11) is 3.72. The molecule has 2 heterocycles. The Balaban J connectivity index is 1.88. The highest BCUT2D eigenvalue weighted by Crippen LogP contribution is 2.29. The Labute approximate surface area is 84.8 Å². The number of likely N-dealkylation sites (tertiary alicyclic amines) is 2. The third kappa shape index (κ3) is 1.77. The minimum atomic E-state index is 0.143. The maximum atomic E-state index is 11.5. The van der Waals surface area contributed by atoms with E-state index in [2.05, 4.69) is 11.9 Å². The minimum Gasteiger partial charge on any atom is -0.375 e. The summed E-state index contributed by atoms with van der Waals surface area (Å²) in [5.74, 6) is 1.53. The van der Waals surface area contributed by atoms with Gasteiger partial charge in [-0.3, -0.25) is 4.79 Å². The van der Waals surface area contributed by atoms with Crippen molar-refractivity contribution in [2.75, 3.05) is 46.9 Å². The topological polar surface area (TPSA) is 32.8 Å². The van der Waals surface area contributed by atoms with Crippen molar-refractivity contribution in [1.29, 1.82) is 0 Å². The minimum absolute atomic E-state index is 0.143. The predicted molar refractivity (Wildman–Crippen MR) is 52.9 cm³/mol. The first kappa shape index (κ1) is 9.93. The van der Waals surface area contributed by atoms with Crippen molar-refractivity contribution >= 4 is 5.91 Å². The average Bonchev–Trinajstić information content (AvgIpc) is 2.61. The Hall–Kier alpha value is -0.610. The van der Waals surface area contributed by atoms with E-state index < -0.39 is 0 Å². The molecule has 80 valence electrons. The van der Waals surface area contributed by atoms with Gasteiger partial charge in [-0.25, -0.2) is 0 Å². The van der Waals surface area contributed by atoms with E-state index in [9.17, 15) is 4.79 Å². The number of amides is 1. The van der Waals surface area contributed by atoms with Crippen LogP contribution in [0.2, 0.25) is 0 Å². The van der Waals surface area contributed by atoms with E-state index in [1.54, 1.807) is 7.11 Å². The van der Waals surface area contributed by atoms with Crippen LogP contribution in [0.5, 0.6) is 0 Å². The highest BCUT2D eigenvalue weighted by atomic mass is 16.5. The second-order valence-corrected chi connectivity index (χ2v) is 4.47. The first-order valence-corrected chi connectivity index (χ1v) is 5.16. The number of carbonyl (C=O) groups excluding carboxylic acids is 1. The van der Waals surface area contributed by atoms with Crippen LogP contribution in [0.1, 0.15) is 0 Å². The van der Waals surface area contributed by atoms with Crippen LogP contribution < -0.4 is 0 Å². The molecule has 0 aromatic carbocycles. The lowest BCUT2D eigenvalue weighted by Crippen LogP contribution is -2.34. The van der Waals surface area contributed by atoms with Crippen molar-refractivity contribution < 1.29 is 9.53 Å². The maximum absolute atomic E-state index is 11.5. The number of ether oxygens (including phenoxy) is 1. The Morgan fingerprint density at radius 2 is 1.86 bits per heavy atom. The fourth-order valence-corrected chi connectivity index (χ4v) is 2.65. The number of hydrogen-bond acceptors (Lipinski definition) is 3. The number of nitrogens with zero attached hydrogens (tertiary/aromatic N) is 2. The zero-order chi connectivity index (χ0) is 10.1. The normalized spacial score (nSPS) is 32.3. The zero-order valence-corrected chi connectivity index (χ0v) is 8.90. The Bertz CT molecular complexity index is 218. The Morgan fingerprint density at radius 3 is 2.36 bits per heavy atom. The molecule has 0 radical (unpaired) electrons. The van der Waals surface area contributed by atoms with Gasteiger partial charge in [-0.05, 0) is 18.9 Å². The smallest absolute Gasteiger partial charge is 0.248 e. The Kier molecular flexibility index (Phi) is 2.74. The fourth-order valence-electron chi connectivity index (χ4n) is 2.65. The van der Waals surface area contributed by atoms with Gasteiger partial charge in [0.2, 0.25) is 5.91 Å². The molecule has 2 aliphatic rings. The van der Waals surface area contributed by atoms with Crippen molar-refractivity contribution in [2.24, 2.45) is 11.8 Å². The van der Waals surface area contributed by atoms with Gasteiger partial charge in [-0.1, -0.05) is 0 Å². The predicted octanol–water partition coefficient (Wildman–Crippen LogP) is -0.347. The van der Waals surface area contributed by atoms with Crippen LogP contribution in [-0.4, -0.2) is 62.7 Å². The molecule has 4 heteroatoms. The van der Waals surface area contributed by atoms with Crippen LogP contribution in [0.3, 0.4) is 0 Å². The first-order valence-electron chi connectivity index (χ1n) is 5.16. The standard InChI is InChI=1S/C10H18N2O2/c1-11-3-8-5-12(6-9(8)4-11)10(13)7-14-2/h8-9H,3-7H2,1-2H3. The monoisotopic (exact) mass is 198 g/mol. The van der Waals surface area contributed by atoms with Gasteiger partial charge in [0.05, 0.1) is 0 Å². The summed E-state index contributed by atoms with van der Waals surface area (Å²) in [5, 5.41) is 0. The first-order chi connectivity index (χ1) is 6.70. The number of hydrogen-bond donors (Lipinski definition) is 0. The largest absolute Gasteiger partial charge is 0.375 e. The molecule has 0 spiro atoms. The van der Waals surface area contributed by atoms with Gasteiger partial charge in [0.1, 0.15) is 6.61 Å². The van der Waals surface area contributed by atoms with Crippen LogP contribution in [0.25, 0.3) is 0 Å². The van der Waals surface area contributed by atoms with E-state index in [4.69, 9.17) is 4.74 Å². The second-order valence-electron chi connectivity index (χ2n) is 4.47. The molecular formula is C10H18N2O2. The van der Waals surface area contributed by atoms with Crippen LogP contribution in [0, 0.1) is 11.8 Å². The number of methoxy groups -OCH3 is 1. The lowest BCUT2D eigenvalue weighted by Gasteiger charge is -2.18. The summed E-state index contributed by atoms with van der Waals surface area (Å²) in [6.07, 6.45) is 0. The molecule has 0 aliphatic carbocycles. The van der Waals surface area contributed by atoms with Crippen LogP contribution in [0.4, 0.5) is 0 Å². The molecule has 0 bridgehead atoms. The number of fused-ring (bicyclic) bond motifs is 1. The third-order valence-electron chi connectivity index (χ3n) is 3.29. The maximum Gasteiger partial charge on any atom is 0.248 e. The summed E-state index contributed by atoms with van der Waals surface area (Å²) in [5.41, 5.74) is 0. The molecule has 14 heavy (non-hydrogen) atoms. The van der Waals surface area contributed by atoms with E-state index in [0.29, 0.717) is 11.8 Å².